The van der Waals surface area contributed by atoms with E-state index in [0.29, 0.717) is 19.6 Å². The van der Waals surface area contributed by atoms with Crippen LogP contribution in [0.2, 0.25) is 0 Å². The van der Waals surface area contributed by atoms with E-state index in [1.165, 1.54) is 0 Å². The van der Waals surface area contributed by atoms with Crippen LogP contribution in [-0.4, -0.2) is 60.3 Å². The summed E-state index contributed by atoms with van der Waals surface area (Å²) in [6.45, 7) is 1.11. The SMILES string of the molecule is O=C(NCC1CCCO1)[C@H](Cc1ccccc1)NC(=O)[C@H]1N[C@@H]1C(=O)O.[H-].[Na+]. The summed E-state index contributed by atoms with van der Waals surface area (Å²) in [5.41, 5.74) is 0.906. The van der Waals surface area contributed by atoms with Gasteiger partial charge < -0.3 is 21.9 Å². The van der Waals surface area contributed by atoms with Crippen LogP contribution in [0.3, 0.4) is 0 Å². The summed E-state index contributed by atoms with van der Waals surface area (Å²) in [7, 11) is 0. The fraction of sp³-hybridized carbons (Fsp3) is 0.500. The van der Waals surface area contributed by atoms with Gasteiger partial charge in [-0.2, -0.15) is 0 Å². The third-order valence-electron chi connectivity index (χ3n) is 4.58. The zero-order valence-electron chi connectivity index (χ0n) is 16.3. The van der Waals surface area contributed by atoms with Gasteiger partial charge in [0.05, 0.1) is 6.10 Å². The minimum Gasteiger partial charge on any atom is -1.00 e. The number of aliphatic carboxylic acids is 1. The average molecular weight is 385 g/mol. The van der Waals surface area contributed by atoms with Gasteiger partial charge in [-0.1, -0.05) is 30.3 Å². The maximum absolute atomic E-state index is 12.6. The second-order valence-corrected chi connectivity index (χ2v) is 6.59. The standard InChI is InChI=1S/C18H23N3O5.Na.H/c22-16(19-10-12-7-4-8-26-12)13(9-11-5-2-1-3-6-11)20-17(23)14-15(21-14)18(24)25;;/h1-3,5-6,12-15,21H,4,7-10H2,(H,19,22)(H,20,23)(H,24,25);;/q;+1;-1/t12?,13-,14-,15-;;/m0../s1. The molecule has 0 bridgehead atoms. The molecule has 1 aromatic carbocycles. The molecular formula is C18H24N3NaO5. The maximum atomic E-state index is 12.6. The third kappa shape index (κ3) is 6.29. The van der Waals surface area contributed by atoms with Crippen molar-refractivity contribution in [2.24, 2.45) is 0 Å². The zero-order chi connectivity index (χ0) is 18.5. The quantitative estimate of drug-likeness (QED) is 0.272. The number of hydrogen-bond donors (Lipinski definition) is 4. The first-order valence-electron chi connectivity index (χ1n) is 8.77. The maximum Gasteiger partial charge on any atom is 1.00 e. The van der Waals surface area contributed by atoms with Crippen molar-refractivity contribution in [3.63, 3.8) is 0 Å². The van der Waals surface area contributed by atoms with Crippen molar-refractivity contribution in [2.75, 3.05) is 13.2 Å². The van der Waals surface area contributed by atoms with Crippen molar-refractivity contribution in [3.05, 3.63) is 35.9 Å². The first-order valence-corrected chi connectivity index (χ1v) is 8.77. The molecule has 1 unspecified atom stereocenters. The summed E-state index contributed by atoms with van der Waals surface area (Å²) in [5, 5.41) is 17.0. The molecule has 0 aromatic heterocycles. The molecular weight excluding hydrogens is 361 g/mol. The van der Waals surface area contributed by atoms with Gasteiger partial charge in [0.2, 0.25) is 11.8 Å². The van der Waals surface area contributed by atoms with Gasteiger partial charge in [-0.15, -0.1) is 0 Å². The molecule has 2 aliphatic heterocycles. The van der Waals surface area contributed by atoms with Gasteiger partial charge in [0.1, 0.15) is 18.1 Å². The molecule has 0 radical (unpaired) electrons. The van der Waals surface area contributed by atoms with E-state index in [0.717, 1.165) is 18.4 Å². The summed E-state index contributed by atoms with van der Waals surface area (Å²) in [6.07, 6.45) is 2.22. The Morgan fingerprint density at radius 1 is 1.26 bits per heavy atom. The largest absolute Gasteiger partial charge is 1.00 e. The number of benzene rings is 1. The van der Waals surface area contributed by atoms with Crippen LogP contribution in [0.15, 0.2) is 30.3 Å². The van der Waals surface area contributed by atoms with Crippen LogP contribution in [-0.2, 0) is 25.5 Å². The van der Waals surface area contributed by atoms with Crippen molar-refractivity contribution in [2.45, 2.75) is 43.5 Å². The number of amides is 2. The summed E-state index contributed by atoms with van der Waals surface area (Å²) < 4.78 is 5.49. The topological polar surface area (TPSA) is 127 Å². The molecule has 0 aliphatic carbocycles. The van der Waals surface area contributed by atoms with Crippen LogP contribution in [0.4, 0.5) is 0 Å². The molecule has 2 amide bonds. The fourth-order valence-electron chi connectivity index (χ4n) is 3.04. The Labute approximate surface area is 181 Å². The third-order valence-corrected chi connectivity index (χ3v) is 4.58. The number of carbonyl (C=O) groups is 3. The van der Waals surface area contributed by atoms with Gasteiger partial charge in [0.15, 0.2) is 0 Å². The van der Waals surface area contributed by atoms with Gasteiger partial charge in [-0.25, -0.2) is 0 Å². The summed E-state index contributed by atoms with van der Waals surface area (Å²) in [5.74, 6) is -1.86. The zero-order valence-corrected chi connectivity index (χ0v) is 17.3. The molecule has 0 saturated carbocycles. The number of carboxylic acid groups (broad SMARTS) is 1. The first-order chi connectivity index (χ1) is 12.5. The van der Waals surface area contributed by atoms with Crippen LogP contribution in [0, 0.1) is 0 Å². The van der Waals surface area contributed by atoms with Gasteiger partial charge in [-0.3, -0.25) is 19.7 Å². The van der Waals surface area contributed by atoms with Crippen molar-refractivity contribution in [3.8, 4) is 0 Å². The van der Waals surface area contributed by atoms with Crippen LogP contribution in [0.25, 0.3) is 0 Å². The normalized spacial score (nSPS) is 24.4. The number of nitrogens with one attached hydrogen (secondary N) is 3. The monoisotopic (exact) mass is 385 g/mol. The molecule has 9 heteroatoms. The van der Waals surface area contributed by atoms with Gasteiger partial charge in [0, 0.05) is 19.6 Å². The number of ether oxygens (including phenoxy) is 1. The van der Waals surface area contributed by atoms with Gasteiger partial charge in [0.25, 0.3) is 0 Å². The molecule has 0 spiro atoms. The smallest absolute Gasteiger partial charge is 1.00 e. The number of rotatable bonds is 8. The Bertz CT molecular complexity index is 672. The molecule has 2 saturated heterocycles. The van der Waals surface area contributed by atoms with Crippen molar-refractivity contribution in [1.29, 1.82) is 0 Å². The Hall–Kier alpha value is -1.45. The Morgan fingerprint density at radius 3 is 2.59 bits per heavy atom. The predicted molar refractivity (Wildman–Crippen MR) is 93.5 cm³/mol. The van der Waals surface area contributed by atoms with E-state index in [9.17, 15) is 14.4 Å². The second kappa shape index (κ2) is 10.2. The Balaban J connectivity index is 0.00000196. The number of carboxylic acids is 1. The molecule has 27 heavy (non-hydrogen) atoms. The van der Waals surface area contributed by atoms with Gasteiger partial charge in [-0.05, 0) is 18.4 Å². The molecule has 4 atom stereocenters. The van der Waals surface area contributed by atoms with E-state index in [1.807, 2.05) is 30.3 Å². The number of carbonyl (C=O) groups excluding carboxylic acids is 2. The fourth-order valence-corrected chi connectivity index (χ4v) is 3.04. The first kappa shape index (κ1) is 21.8. The van der Waals surface area contributed by atoms with Crippen molar-refractivity contribution in [1.82, 2.24) is 16.0 Å². The van der Waals surface area contributed by atoms with E-state index in [1.54, 1.807) is 0 Å². The Morgan fingerprint density at radius 2 is 2.00 bits per heavy atom. The summed E-state index contributed by atoms with van der Waals surface area (Å²) >= 11 is 0. The molecule has 8 nitrogen and oxygen atoms in total. The summed E-state index contributed by atoms with van der Waals surface area (Å²) in [6, 6.07) is 6.90. The molecule has 3 rings (SSSR count). The van der Waals surface area contributed by atoms with Gasteiger partial charge >= 0.3 is 35.5 Å². The second-order valence-electron chi connectivity index (χ2n) is 6.59. The average Bonchev–Trinajstić information content (AvgIpc) is 3.29. The van der Waals surface area contributed by atoms with Crippen molar-refractivity contribution >= 4 is 17.8 Å². The van der Waals surface area contributed by atoms with E-state index >= 15 is 0 Å². The minimum atomic E-state index is -1.08. The summed E-state index contributed by atoms with van der Waals surface area (Å²) in [4.78, 5) is 35.7. The van der Waals surface area contributed by atoms with E-state index < -0.39 is 30.0 Å². The van der Waals surface area contributed by atoms with Crippen LogP contribution < -0.4 is 45.5 Å². The van der Waals surface area contributed by atoms with E-state index in [-0.39, 0.29) is 43.0 Å². The van der Waals surface area contributed by atoms with Crippen LogP contribution in [0.5, 0.6) is 0 Å². The van der Waals surface area contributed by atoms with E-state index in [4.69, 9.17) is 9.84 Å². The molecule has 142 valence electrons. The molecule has 2 heterocycles. The Kier molecular flexibility index (Phi) is 8.25. The van der Waals surface area contributed by atoms with Crippen LogP contribution in [0.1, 0.15) is 19.8 Å². The van der Waals surface area contributed by atoms with Crippen molar-refractivity contribution < 1.29 is 55.2 Å². The molecule has 1 aromatic rings. The minimum absolute atomic E-state index is 0. The predicted octanol–water partition coefficient (Wildman–Crippen LogP) is -3.45. The van der Waals surface area contributed by atoms with Crippen LogP contribution >= 0.6 is 0 Å². The molecule has 2 aliphatic rings. The molecule has 2 fully saturated rings. The number of hydrogen-bond acceptors (Lipinski definition) is 5. The van der Waals surface area contributed by atoms with E-state index in [2.05, 4.69) is 16.0 Å². The molecule has 4 N–H and O–H groups in total.